The van der Waals surface area contributed by atoms with Crippen LogP contribution in [0.25, 0.3) is 11.1 Å². The maximum Gasteiger partial charge on any atom is 0.106 e. The van der Waals surface area contributed by atoms with Crippen molar-refractivity contribution in [2.45, 2.75) is 6.04 Å². The predicted octanol–water partition coefficient (Wildman–Crippen LogP) is 4.32. The van der Waals surface area contributed by atoms with Gasteiger partial charge in [-0.2, -0.15) is 10.3 Å². The minimum absolute atomic E-state index is 0.320. The van der Waals surface area contributed by atoms with Gasteiger partial charge in [0.2, 0.25) is 0 Å². The van der Waals surface area contributed by atoms with Gasteiger partial charge in [-0.15, -0.1) is 0 Å². The number of hydrogen-bond acceptors (Lipinski definition) is 3. The molecule has 114 valence electrons. The van der Waals surface area contributed by atoms with E-state index in [0.29, 0.717) is 11.6 Å². The highest BCUT2D eigenvalue weighted by molar-refractivity contribution is 5.68. The lowest BCUT2D eigenvalue weighted by molar-refractivity contribution is 0.485. The van der Waals surface area contributed by atoms with E-state index in [0.717, 1.165) is 17.8 Å². The molecule has 2 heterocycles. The number of hydrazine groups is 1. The molecule has 3 aromatic carbocycles. The molecule has 3 heteroatoms. The van der Waals surface area contributed by atoms with Crippen LogP contribution in [0, 0.1) is 11.3 Å². The molecule has 0 aromatic heterocycles. The number of hydrogen-bond donors (Lipinski definition) is 0. The SMILES string of the molecule is N#Cc1cccc(-c2ccc(C3c4ccccc4N4C[N@]34)cc2)c1. The molecular formula is C21H15N3. The van der Waals surface area contributed by atoms with Gasteiger partial charge in [0.25, 0.3) is 0 Å². The Bertz CT molecular complexity index is 969. The fourth-order valence-corrected chi connectivity index (χ4v) is 3.64. The van der Waals surface area contributed by atoms with Gasteiger partial charge in [-0.1, -0.05) is 54.6 Å². The van der Waals surface area contributed by atoms with E-state index in [1.165, 1.54) is 16.8 Å². The lowest BCUT2D eigenvalue weighted by atomic mass is 9.95. The Hall–Kier alpha value is -3.09. The van der Waals surface area contributed by atoms with Crippen LogP contribution in [-0.2, 0) is 0 Å². The third kappa shape index (κ3) is 1.94. The zero-order valence-corrected chi connectivity index (χ0v) is 13.1. The van der Waals surface area contributed by atoms with Gasteiger partial charge < -0.3 is 0 Å². The molecule has 3 aromatic rings. The quantitative estimate of drug-likeness (QED) is 0.660. The molecule has 1 fully saturated rings. The average molecular weight is 309 g/mol. The van der Waals surface area contributed by atoms with Gasteiger partial charge in [-0.3, -0.25) is 5.01 Å². The molecule has 0 N–H and O–H groups in total. The number of nitrogens with zero attached hydrogens (tertiary/aromatic N) is 3. The first-order chi connectivity index (χ1) is 11.8. The smallest absolute Gasteiger partial charge is 0.106 e. The summed E-state index contributed by atoms with van der Waals surface area (Å²) in [4.78, 5) is 0. The van der Waals surface area contributed by atoms with Crippen LogP contribution >= 0.6 is 0 Å². The number of nitriles is 1. The monoisotopic (exact) mass is 309 g/mol. The van der Waals surface area contributed by atoms with E-state index >= 15 is 0 Å². The number of rotatable bonds is 2. The Morgan fingerprint density at radius 2 is 1.71 bits per heavy atom. The molecule has 1 saturated heterocycles. The van der Waals surface area contributed by atoms with E-state index in [9.17, 15) is 0 Å². The summed E-state index contributed by atoms with van der Waals surface area (Å²) in [5, 5.41) is 13.8. The Morgan fingerprint density at radius 1 is 0.875 bits per heavy atom. The van der Waals surface area contributed by atoms with Crippen molar-refractivity contribution in [3.05, 3.63) is 89.5 Å². The highest BCUT2D eigenvalue weighted by Gasteiger charge is 2.47. The number of fused-ring (bicyclic) bond motifs is 3. The van der Waals surface area contributed by atoms with E-state index in [1.54, 1.807) is 0 Å². The molecule has 24 heavy (non-hydrogen) atoms. The van der Waals surface area contributed by atoms with Crippen LogP contribution in [-0.4, -0.2) is 11.7 Å². The largest absolute Gasteiger partial charge is 0.287 e. The molecule has 2 aliphatic heterocycles. The summed E-state index contributed by atoms with van der Waals surface area (Å²) in [6.45, 7) is 1.01. The van der Waals surface area contributed by atoms with Crippen molar-refractivity contribution in [1.29, 1.82) is 5.26 Å². The normalized spacial score (nSPS) is 20.2. The second kappa shape index (κ2) is 4.95. The fourth-order valence-electron chi connectivity index (χ4n) is 3.64. The van der Waals surface area contributed by atoms with Gasteiger partial charge in [-0.25, -0.2) is 0 Å². The van der Waals surface area contributed by atoms with Crippen molar-refractivity contribution < 1.29 is 0 Å². The first-order valence-corrected chi connectivity index (χ1v) is 8.09. The van der Waals surface area contributed by atoms with E-state index in [-0.39, 0.29) is 0 Å². The summed E-state index contributed by atoms with van der Waals surface area (Å²) in [6, 6.07) is 27.6. The molecule has 2 aliphatic rings. The first kappa shape index (κ1) is 13.4. The highest BCUT2D eigenvalue weighted by atomic mass is 15.8. The summed E-state index contributed by atoms with van der Waals surface area (Å²) in [7, 11) is 0. The molecule has 5 rings (SSSR count). The summed E-state index contributed by atoms with van der Waals surface area (Å²) >= 11 is 0. The maximum atomic E-state index is 9.06. The Morgan fingerprint density at radius 3 is 2.54 bits per heavy atom. The van der Waals surface area contributed by atoms with Gasteiger partial charge in [0.1, 0.15) is 6.67 Å². The maximum absolute atomic E-state index is 9.06. The van der Waals surface area contributed by atoms with Crippen LogP contribution in [0.15, 0.2) is 72.8 Å². The zero-order valence-electron chi connectivity index (χ0n) is 13.1. The Kier molecular flexibility index (Phi) is 2.76. The fraction of sp³-hybridized carbons (Fsp3) is 0.0952. The predicted molar refractivity (Wildman–Crippen MR) is 94.1 cm³/mol. The van der Waals surface area contributed by atoms with Gasteiger partial charge in [0, 0.05) is 5.56 Å². The van der Waals surface area contributed by atoms with E-state index in [4.69, 9.17) is 5.26 Å². The molecule has 0 aliphatic carbocycles. The van der Waals surface area contributed by atoms with Gasteiger partial charge >= 0.3 is 0 Å². The summed E-state index contributed by atoms with van der Waals surface area (Å²) < 4.78 is 0. The van der Waals surface area contributed by atoms with Crippen molar-refractivity contribution in [3.63, 3.8) is 0 Å². The van der Waals surface area contributed by atoms with E-state index < -0.39 is 0 Å². The van der Waals surface area contributed by atoms with Crippen LogP contribution in [0.1, 0.15) is 22.7 Å². The van der Waals surface area contributed by atoms with Crippen LogP contribution in [0.5, 0.6) is 0 Å². The minimum atomic E-state index is 0.320. The van der Waals surface area contributed by atoms with Crippen molar-refractivity contribution in [2.24, 2.45) is 0 Å². The van der Waals surface area contributed by atoms with Crippen molar-refractivity contribution in [2.75, 3.05) is 11.7 Å². The molecular weight excluding hydrogens is 294 g/mol. The standard InChI is InChI=1S/C21H15N3/c22-13-15-4-3-5-18(12-15)16-8-10-17(11-9-16)21-19-6-1-2-7-20(19)23-14-24(21)23/h1-12,21H,14H2/t21?,23?,24-/m1/s1. The molecule has 0 radical (unpaired) electrons. The topological polar surface area (TPSA) is 29.8 Å². The van der Waals surface area contributed by atoms with Crippen LogP contribution in [0.4, 0.5) is 5.69 Å². The second-order valence-electron chi connectivity index (χ2n) is 6.26. The zero-order chi connectivity index (χ0) is 16.1. The van der Waals surface area contributed by atoms with Gasteiger partial charge in [0.15, 0.2) is 0 Å². The number of anilines is 1. The van der Waals surface area contributed by atoms with Crippen molar-refractivity contribution >= 4 is 5.69 Å². The lowest BCUT2D eigenvalue weighted by Gasteiger charge is -2.14. The third-order valence-corrected chi connectivity index (χ3v) is 4.86. The van der Waals surface area contributed by atoms with E-state index in [1.807, 2.05) is 24.3 Å². The molecule has 1 unspecified atom stereocenters. The minimum Gasteiger partial charge on any atom is -0.287 e. The van der Waals surface area contributed by atoms with Crippen molar-refractivity contribution in [3.8, 4) is 17.2 Å². The molecule has 3 nitrogen and oxygen atoms in total. The molecule has 0 bridgehead atoms. The molecule has 0 spiro atoms. The van der Waals surface area contributed by atoms with Gasteiger partial charge in [-0.05, 0) is 34.9 Å². The molecule has 0 saturated carbocycles. The average Bonchev–Trinajstić information content (AvgIpc) is 3.37. The van der Waals surface area contributed by atoms with E-state index in [2.05, 4.69) is 64.6 Å². The molecule has 0 amide bonds. The Balaban J connectivity index is 1.51. The van der Waals surface area contributed by atoms with Crippen LogP contribution in [0.2, 0.25) is 0 Å². The first-order valence-electron chi connectivity index (χ1n) is 8.09. The Labute approximate surface area is 141 Å². The summed E-state index contributed by atoms with van der Waals surface area (Å²) in [5.74, 6) is 0. The van der Waals surface area contributed by atoms with Crippen molar-refractivity contribution in [1.82, 2.24) is 5.01 Å². The summed E-state index contributed by atoms with van der Waals surface area (Å²) in [6.07, 6.45) is 0. The van der Waals surface area contributed by atoms with Crippen LogP contribution in [0.3, 0.4) is 0 Å². The lowest BCUT2D eigenvalue weighted by Crippen LogP contribution is -2.08. The highest BCUT2D eigenvalue weighted by Crippen LogP contribution is 2.50. The second-order valence-corrected chi connectivity index (χ2v) is 6.26. The summed E-state index contributed by atoms with van der Waals surface area (Å²) in [5.41, 5.74) is 6.94. The number of benzene rings is 3. The number of para-hydroxylation sites is 1. The van der Waals surface area contributed by atoms with Gasteiger partial charge in [0.05, 0.1) is 23.4 Å². The third-order valence-electron chi connectivity index (χ3n) is 4.86. The molecule has 2 atom stereocenters. The van der Waals surface area contributed by atoms with Crippen LogP contribution < -0.4 is 5.01 Å².